The number of amides is 1. The second kappa shape index (κ2) is 7.19. The van der Waals surface area contributed by atoms with Crippen LogP contribution in [0, 0.1) is 0 Å². The van der Waals surface area contributed by atoms with Crippen molar-refractivity contribution in [3.05, 3.63) is 52.2 Å². The molecule has 1 amide bonds. The molecule has 0 bridgehead atoms. The van der Waals surface area contributed by atoms with Gasteiger partial charge in [0.25, 0.3) is 0 Å². The molecule has 0 saturated carbocycles. The zero-order valence-electron chi connectivity index (χ0n) is 11.3. The van der Waals surface area contributed by atoms with E-state index in [0.29, 0.717) is 6.54 Å². The Hall–Kier alpha value is -1.69. The van der Waals surface area contributed by atoms with Gasteiger partial charge in [-0.15, -0.1) is 11.3 Å². The molecule has 2 aromatic rings. The number of anilines is 1. The minimum atomic E-state index is -0.108. The van der Waals surface area contributed by atoms with E-state index in [4.69, 9.17) is 0 Å². The molecule has 1 heterocycles. The quantitative estimate of drug-likeness (QED) is 0.766. The highest BCUT2D eigenvalue weighted by atomic mass is 32.1. The summed E-state index contributed by atoms with van der Waals surface area (Å²) in [6.07, 6.45) is 0. The molecule has 1 aromatic carbocycles. The van der Waals surface area contributed by atoms with Gasteiger partial charge in [0.2, 0.25) is 5.91 Å². The van der Waals surface area contributed by atoms with Crippen molar-refractivity contribution < 1.29 is 9.90 Å². The van der Waals surface area contributed by atoms with E-state index in [1.807, 2.05) is 41.8 Å². The Morgan fingerprint density at radius 3 is 2.70 bits per heavy atom. The molecule has 0 fully saturated rings. The van der Waals surface area contributed by atoms with Crippen LogP contribution in [-0.4, -0.2) is 17.6 Å². The van der Waals surface area contributed by atoms with E-state index in [0.717, 1.165) is 16.1 Å². The van der Waals surface area contributed by atoms with E-state index in [9.17, 15) is 9.90 Å². The highest BCUT2D eigenvalue weighted by molar-refractivity contribution is 7.10. The first-order valence-electron chi connectivity index (χ1n) is 6.44. The van der Waals surface area contributed by atoms with E-state index < -0.39 is 0 Å². The summed E-state index contributed by atoms with van der Waals surface area (Å²) < 4.78 is 0. The lowest BCUT2D eigenvalue weighted by Gasteiger charge is -2.16. The van der Waals surface area contributed by atoms with Crippen molar-refractivity contribution in [1.29, 1.82) is 0 Å². The molecule has 0 aliphatic carbocycles. The Morgan fingerprint density at radius 1 is 1.30 bits per heavy atom. The average Bonchev–Trinajstić information content (AvgIpc) is 2.87. The summed E-state index contributed by atoms with van der Waals surface area (Å²) in [6.45, 7) is 2.13. The number of carbonyl (C=O) groups is 1. The van der Waals surface area contributed by atoms with Crippen molar-refractivity contribution in [1.82, 2.24) is 5.32 Å². The minimum absolute atomic E-state index is 0.0326. The highest BCUT2D eigenvalue weighted by Crippen LogP contribution is 2.23. The van der Waals surface area contributed by atoms with Crippen molar-refractivity contribution in [2.45, 2.75) is 19.5 Å². The Labute approximate surface area is 122 Å². The fourth-order valence-corrected chi connectivity index (χ4v) is 2.75. The normalized spacial score (nSPS) is 12.1. The third-order valence-corrected chi connectivity index (χ3v) is 3.87. The third kappa shape index (κ3) is 3.90. The molecule has 0 radical (unpaired) electrons. The minimum Gasteiger partial charge on any atom is -0.394 e. The second-order valence-electron chi connectivity index (χ2n) is 4.47. The van der Waals surface area contributed by atoms with Crippen LogP contribution < -0.4 is 10.6 Å². The number of hydrogen-bond donors (Lipinski definition) is 3. The van der Waals surface area contributed by atoms with Gasteiger partial charge in [0.1, 0.15) is 0 Å². The molecule has 3 N–H and O–H groups in total. The smallest absolute Gasteiger partial charge is 0.221 e. The van der Waals surface area contributed by atoms with E-state index in [-0.39, 0.29) is 18.6 Å². The van der Waals surface area contributed by atoms with Crippen molar-refractivity contribution in [2.75, 3.05) is 11.9 Å². The van der Waals surface area contributed by atoms with E-state index in [2.05, 4.69) is 10.6 Å². The van der Waals surface area contributed by atoms with Gasteiger partial charge in [-0.25, -0.2) is 0 Å². The molecule has 0 saturated heterocycles. The van der Waals surface area contributed by atoms with Crippen molar-refractivity contribution in [3.63, 3.8) is 0 Å². The number of benzene rings is 1. The van der Waals surface area contributed by atoms with Crippen LogP contribution in [0.1, 0.15) is 23.4 Å². The maximum Gasteiger partial charge on any atom is 0.221 e. The van der Waals surface area contributed by atoms with Crippen molar-refractivity contribution >= 4 is 22.9 Å². The SMILES string of the molecule is CC(=O)Nc1ccsc1CNC(CO)c1ccccc1. The Kier molecular flexibility index (Phi) is 5.29. The van der Waals surface area contributed by atoms with Crippen LogP contribution in [0.3, 0.4) is 0 Å². The zero-order chi connectivity index (χ0) is 14.4. The van der Waals surface area contributed by atoms with Gasteiger partial charge in [-0.3, -0.25) is 4.79 Å². The van der Waals surface area contributed by atoms with E-state index in [1.165, 1.54) is 6.92 Å². The molecule has 5 heteroatoms. The summed E-state index contributed by atoms with van der Waals surface area (Å²) in [4.78, 5) is 12.2. The summed E-state index contributed by atoms with van der Waals surface area (Å²) >= 11 is 1.58. The lowest BCUT2D eigenvalue weighted by Crippen LogP contribution is -2.24. The van der Waals surface area contributed by atoms with Gasteiger partial charge in [-0.05, 0) is 17.0 Å². The van der Waals surface area contributed by atoms with Crippen LogP contribution in [0.25, 0.3) is 0 Å². The number of aliphatic hydroxyl groups is 1. The molecular weight excluding hydrogens is 272 g/mol. The number of aliphatic hydroxyl groups excluding tert-OH is 1. The van der Waals surface area contributed by atoms with Gasteiger partial charge in [0, 0.05) is 18.3 Å². The standard InChI is InChI=1S/C15H18N2O2S/c1-11(19)17-13-7-8-20-15(13)9-16-14(10-18)12-5-3-2-4-6-12/h2-8,14,16,18H,9-10H2,1H3,(H,17,19). The van der Waals surface area contributed by atoms with Gasteiger partial charge in [0.05, 0.1) is 18.3 Å². The topological polar surface area (TPSA) is 61.4 Å². The molecule has 0 spiro atoms. The number of nitrogens with one attached hydrogen (secondary N) is 2. The average molecular weight is 290 g/mol. The van der Waals surface area contributed by atoms with Crippen molar-refractivity contribution in [2.24, 2.45) is 0 Å². The molecule has 0 aliphatic heterocycles. The maximum absolute atomic E-state index is 11.1. The van der Waals surface area contributed by atoms with Crippen LogP contribution in [0.4, 0.5) is 5.69 Å². The zero-order valence-corrected chi connectivity index (χ0v) is 12.1. The van der Waals surface area contributed by atoms with Gasteiger partial charge >= 0.3 is 0 Å². The molecule has 1 aromatic heterocycles. The molecule has 0 aliphatic rings. The first kappa shape index (κ1) is 14.7. The van der Waals surface area contributed by atoms with Crippen LogP contribution >= 0.6 is 11.3 Å². The highest BCUT2D eigenvalue weighted by Gasteiger charge is 2.11. The Morgan fingerprint density at radius 2 is 2.05 bits per heavy atom. The van der Waals surface area contributed by atoms with Gasteiger partial charge < -0.3 is 15.7 Å². The lowest BCUT2D eigenvalue weighted by atomic mass is 10.1. The predicted octanol–water partition coefficient (Wildman–Crippen LogP) is 2.53. The molecule has 4 nitrogen and oxygen atoms in total. The molecule has 2 rings (SSSR count). The van der Waals surface area contributed by atoms with Crippen LogP contribution in [-0.2, 0) is 11.3 Å². The third-order valence-electron chi connectivity index (χ3n) is 2.95. The van der Waals surface area contributed by atoms with Gasteiger partial charge in [0.15, 0.2) is 0 Å². The summed E-state index contributed by atoms with van der Waals surface area (Å²) in [5.41, 5.74) is 1.88. The number of thiophene rings is 1. The fraction of sp³-hybridized carbons (Fsp3) is 0.267. The van der Waals surface area contributed by atoms with Crippen LogP contribution in [0.2, 0.25) is 0 Å². The molecule has 20 heavy (non-hydrogen) atoms. The maximum atomic E-state index is 11.1. The first-order valence-corrected chi connectivity index (χ1v) is 7.32. The Balaban J connectivity index is 2.00. The number of carbonyl (C=O) groups excluding carboxylic acids is 1. The van der Waals surface area contributed by atoms with Gasteiger partial charge in [-0.1, -0.05) is 30.3 Å². The summed E-state index contributed by atoms with van der Waals surface area (Å²) in [5.74, 6) is -0.0774. The van der Waals surface area contributed by atoms with E-state index in [1.54, 1.807) is 11.3 Å². The van der Waals surface area contributed by atoms with E-state index >= 15 is 0 Å². The summed E-state index contributed by atoms with van der Waals surface area (Å²) in [6, 6.07) is 11.6. The van der Waals surface area contributed by atoms with Crippen LogP contribution in [0.5, 0.6) is 0 Å². The first-order chi connectivity index (χ1) is 9.70. The van der Waals surface area contributed by atoms with Gasteiger partial charge in [-0.2, -0.15) is 0 Å². The monoisotopic (exact) mass is 290 g/mol. The number of rotatable bonds is 6. The predicted molar refractivity (Wildman–Crippen MR) is 81.7 cm³/mol. The molecule has 1 unspecified atom stereocenters. The molecular formula is C15H18N2O2S. The second-order valence-corrected chi connectivity index (χ2v) is 5.47. The fourth-order valence-electron chi connectivity index (χ4n) is 1.97. The molecule has 106 valence electrons. The van der Waals surface area contributed by atoms with Crippen LogP contribution in [0.15, 0.2) is 41.8 Å². The van der Waals surface area contributed by atoms with Crippen molar-refractivity contribution in [3.8, 4) is 0 Å². The summed E-state index contributed by atoms with van der Waals surface area (Å²) in [5, 5.41) is 17.6. The largest absolute Gasteiger partial charge is 0.394 e. The lowest BCUT2D eigenvalue weighted by molar-refractivity contribution is -0.114. The Bertz CT molecular complexity index is 554. The summed E-state index contributed by atoms with van der Waals surface area (Å²) in [7, 11) is 0. The molecule has 1 atom stereocenters. The number of hydrogen-bond acceptors (Lipinski definition) is 4.